The van der Waals surface area contributed by atoms with E-state index in [-0.39, 0.29) is 5.92 Å². The van der Waals surface area contributed by atoms with E-state index >= 15 is 0 Å². The third-order valence-corrected chi connectivity index (χ3v) is 4.81. The molecule has 0 aromatic heterocycles. The van der Waals surface area contributed by atoms with E-state index < -0.39 is 5.97 Å². The molecule has 2 aliphatic rings. The van der Waals surface area contributed by atoms with E-state index in [1.807, 2.05) is 12.1 Å². The smallest absolute Gasteiger partial charge is 0.307 e. The number of hydrogen-bond donors (Lipinski definition) is 1. The largest absolute Gasteiger partial charge is 0.490 e. The van der Waals surface area contributed by atoms with Crippen LogP contribution in [0.5, 0.6) is 11.5 Å². The quantitative estimate of drug-likeness (QED) is 0.928. The SMILES string of the molecule is CC1CCC(C(=O)O)CN1Cc1ccc2c(c1)OCCCCO2. The van der Waals surface area contributed by atoms with E-state index in [1.54, 1.807) is 0 Å². The van der Waals surface area contributed by atoms with Crippen LogP contribution in [-0.2, 0) is 11.3 Å². The predicted octanol–water partition coefficient (Wildman–Crippen LogP) is 2.92. The molecule has 2 unspecified atom stereocenters. The Labute approximate surface area is 137 Å². The third kappa shape index (κ3) is 3.96. The molecule has 1 aromatic rings. The van der Waals surface area contributed by atoms with Crippen LogP contribution in [0.2, 0.25) is 0 Å². The number of ether oxygens (including phenoxy) is 2. The maximum Gasteiger partial charge on any atom is 0.307 e. The summed E-state index contributed by atoms with van der Waals surface area (Å²) in [6.45, 7) is 5.00. The van der Waals surface area contributed by atoms with Crippen LogP contribution in [0, 0.1) is 5.92 Å². The minimum absolute atomic E-state index is 0.255. The van der Waals surface area contributed by atoms with Crippen molar-refractivity contribution in [1.29, 1.82) is 0 Å². The number of likely N-dealkylation sites (tertiary alicyclic amines) is 1. The first-order valence-electron chi connectivity index (χ1n) is 8.49. The second kappa shape index (κ2) is 7.21. The third-order valence-electron chi connectivity index (χ3n) is 4.81. The first kappa shape index (κ1) is 16.1. The van der Waals surface area contributed by atoms with Gasteiger partial charge >= 0.3 is 5.97 Å². The van der Waals surface area contributed by atoms with Gasteiger partial charge in [-0.05, 0) is 50.3 Å². The lowest BCUT2D eigenvalue weighted by Gasteiger charge is -2.36. The fourth-order valence-electron chi connectivity index (χ4n) is 3.29. The summed E-state index contributed by atoms with van der Waals surface area (Å²) in [5, 5.41) is 9.26. The summed E-state index contributed by atoms with van der Waals surface area (Å²) in [6, 6.07) is 6.47. The number of piperidine rings is 1. The van der Waals surface area contributed by atoms with Gasteiger partial charge in [0, 0.05) is 19.1 Å². The first-order chi connectivity index (χ1) is 11.1. The fraction of sp³-hybridized carbons (Fsp3) is 0.611. The number of benzene rings is 1. The van der Waals surface area contributed by atoms with Gasteiger partial charge < -0.3 is 14.6 Å². The molecule has 1 N–H and O–H groups in total. The molecule has 2 heterocycles. The molecule has 3 rings (SSSR count). The summed E-state index contributed by atoms with van der Waals surface area (Å²) in [5.41, 5.74) is 1.14. The zero-order chi connectivity index (χ0) is 16.2. The highest BCUT2D eigenvalue weighted by Gasteiger charge is 2.29. The van der Waals surface area contributed by atoms with Crippen molar-refractivity contribution in [2.24, 2.45) is 5.92 Å². The average Bonchev–Trinajstić information content (AvgIpc) is 2.50. The standard InChI is InChI=1S/C18H25NO4/c1-13-4-6-15(18(20)21)12-19(13)11-14-5-7-16-17(10-14)23-9-3-2-8-22-16/h5,7,10,13,15H,2-4,6,8-9,11-12H2,1H3,(H,20,21). The van der Waals surface area contributed by atoms with Crippen LogP contribution in [0.4, 0.5) is 0 Å². The molecule has 0 saturated carbocycles. The number of aliphatic carboxylic acids is 1. The Hall–Kier alpha value is -1.75. The van der Waals surface area contributed by atoms with Crippen molar-refractivity contribution in [3.8, 4) is 11.5 Å². The molecule has 0 aliphatic carbocycles. The molecular weight excluding hydrogens is 294 g/mol. The lowest BCUT2D eigenvalue weighted by molar-refractivity contribution is -0.144. The molecule has 1 aromatic carbocycles. The van der Waals surface area contributed by atoms with Gasteiger partial charge in [0.25, 0.3) is 0 Å². The number of nitrogens with zero attached hydrogens (tertiary/aromatic N) is 1. The Bertz CT molecular complexity index is 560. The maximum atomic E-state index is 11.3. The molecule has 23 heavy (non-hydrogen) atoms. The molecule has 0 amide bonds. The number of carboxylic acid groups (broad SMARTS) is 1. The van der Waals surface area contributed by atoms with Crippen molar-refractivity contribution < 1.29 is 19.4 Å². The molecule has 1 fully saturated rings. The van der Waals surface area contributed by atoms with Crippen LogP contribution in [0.1, 0.15) is 38.2 Å². The van der Waals surface area contributed by atoms with Gasteiger partial charge in [0.2, 0.25) is 0 Å². The zero-order valence-electron chi connectivity index (χ0n) is 13.7. The minimum atomic E-state index is -0.684. The average molecular weight is 319 g/mol. The van der Waals surface area contributed by atoms with Crippen molar-refractivity contribution >= 4 is 5.97 Å². The lowest BCUT2D eigenvalue weighted by atomic mass is 9.93. The van der Waals surface area contributed by atoms with Crippen molar-refractivity contribution in [1.82, 2.24) is 4.90 Å². The molecule has 5 nitrogen and oxygen atoms in total. The summed E-state index contributed by atoms with van der Waals surface area (Å²) in [7, 11) is 0. The molecule has 0 radical (unpaired) electrons. The minimum Gasteiger partial charge on any atom is -0.490 e. The fourth-order valence-corrected chi connectivity index (χ4v) is 3.29. The first-order valence-corrected chi connectivity index (χ1v) is 8.49. The van der Waals surface area contributed by atoms with E-state index in [0.29, 0.717) is 12.6 Å². The monoisotopic (exact) mass is 319 g/mol. The van der Waals surface area contributed by atoms with Crippen LogP contribution >= 0.6 is 0 Å². The van der Waals surface area contributed by atoms with Crippen LogP contribution in [-0.4, -0.2) is 41.8 Å². The Kier molecular flexibility index (Phi) is 5.06. The number of carbonyl (C=O) groups is 1. The normalized spacial score (nSPS) is 25.4. The summed E-state index contributed by atoms with van der Waals surface area (Å²) < 4.78 is 11.5. The molecule has 0 bridgehead atoms. The Morgan fingerprint density at radius 2 is 1.96 bits per heavy atom. The van der Waals surface area contributed by atoms with Gasteiger partial charge in [-0.2, -0.15) is 0 Å². The summed E-state index contributed by atoms with van der Waals surface area (Å²) in [6.07, 6.45) is 3.73. The van der Waals surface area contributed by atoms with Crippen molar-refractivity contribution in [3.05, 3.63) is 23.8 Å². The molecule has 0 spiro atoms. The van der Waals surface area contributed by atoms with Crippen LogP contribution in [0.25, 0.3) is 0 Å². The van der Waals surface area contributed by atoms with Crippen LogP contribution < -0.4 is 9.47 Å². The van der Waals surface area contributed by atoms with E-state index in [1.165, 1.54) is 0 Å². The second-order valence-corrected chi connectivity index (χ2v) is 6.58. The summed E-state index contributed by atoms with van der Waals surface area (Å²) >= 11 is 0. The molecule has 2 aliphatic heterocycles. The maximum absolute atomic E-state index is 11.3. The van der Waals surface area contributed by atoms with E-state index in [0.717, 1.165) is 62.5 Å². The Morgan fingerprint density at radius 3 is 2.70 bits per heavy atom. The molecule has 126 valence electrons. The molecule has 5 heteroatoms. The van der Waals surface area contributed by atoms with Gasteiger partial charge in [0.05, 0.1) is 19.1 Å². The summed E-state index contributed by atoms with van der Waals surface area (Å²) in [5.74, 6) is 0.678. The number of hydrogen-bond acceptors (Lipinski definition) is 4. The van der Waals surface area contributed by atoms with Crippen LogP contribution in [0.15, 0.2) is 18.2 Å². The molecule has 1 saturated heterocycles. The van der Waals surface area contributed by atoms with E-state index in [2.05, 4.69) is 17.9 Å². The Morgan fingerprint density at radius 1 is 1.22 bits per heavy atom. The van der Waals surface area contributed by atoms with Gasteiger partial charge in [-0.15, -0.1) is 0 Å². The van der Waals surface area contributed by atoms with E-state index in [4.69, 9.17) is 9.47 Å². The van der Waals surface area contributed by atoms with Gasteiger partial charge in [-0.3, -0.25) is 9.69 Å². The Balaban J connectivity index is 1.71. The highest BCUT2D eigenvalue weighted by Crippen LogP contribution is 2.31. The van der Waals surface area contributed by atoms with Crippen LogP contribution in [0.3, 0.4) is 0 Å². The van der Waals surface area contributed by atoms with E-state index in [9.17, 15) is 9.90 Å². The van der Waals surface area contributed by atoms with Gasteiger partial charge in [-0.1, -0.05) is 6.07 Å². The topological polar surface area (TPSA) is 59.0 Å². The van der Waals surface area contributed by atoms with Gasteiger partial charge in [0.15, 0.2) is 11.5 Å². The second-order valence-electron chi connectivity index (χ2n) is 6.58. The van der Waals surface area contributed by atoms with Gasteiger partial charge in [-0.25, -0.2) is 0 Å². The number of rotatable bonds is 3. The van der Waals surface area contributed by atoms with Crippen molar-refractivity contribution in [2.45, 2.75) is 45.2 Å². The van der Waals surface area contributed by atoms with Crippen molar-refractivity contribution in [2.75, 3.05) is 19.8 Å². The highest BCUT2D eigenvalue weighted by molar-refractivity contribution is 5.70. The number of fused-ring (bicyclic) bond motifs is 1. The zero-order valence-corrected chi connectivity index (χ0v) is 13.7. The van der Waals surface area contributed by atoms with Gasteiger partial charge in [0.1, 0.15) is 0 Å². The van der Waals surface area contributed by atoms with Crippen molar-refractivity contribution in [3.63, 3.8) is 0 Å². The number of carboxylic acids is 1. The molecule has 2 atom stereocenters. The molecular formula is C18H25NO4. The summed E-state index contributed by atoms with van der Waals surface area (Å²) in [4.78, 5) is 13.5. The highest BCUT2D eigenvalue weighted by atomic mass is 16.5. The lowest BCUT2D eigenvalue weighted by Crippen LogP contribution is -2.43. The predicted molar refractivity (Wildman–Crippen MR) is 86.9 cm³/mol.